The zero-order chi connectivity index (χ0) is 23.3. The predicted octanol–water partition coefficient (Wildman–Crippen LogP) is 2.27. The van der Waals surface area contributed by atoms with Gasteiger partial charge in [0.2, 0.25) is 0 Å². The number of amides is 2. The Bertz CT molecular complexity index is 866. The minimum absolute atomic E-state index is 0.145. The summed E-state index contributed by atoms with van der Waals surface area (Å²) in [5, 5.41) is 5.27. The van der Waals surface area contributed by atoms with Crippen molar-refractivity contribution in [2.45, 2.75) is 24.9 Å². The Morgan fingerprint density at radius 2 is 1.03 bits per heavy atom. The summed E-state index contributed by atoms with van der Waals surface area (Å²) < 4.78 is 9.53. The molecule has 0 aromatic heterocycles. The van der Waals surface area contributed by atoms with Crippen molar-refractivity contribution >= 4 is 23.8 Å². The first-order valence-corrected chi connectivity index (χ1v) is 9.98. The van der Waals surface area contributed by atoms with Crippen LogP contribution in [-0.4, -0.2) is 50.1 Å². The molecule has 0 unspecified atom stereocenters. The Kier molecular flexibility index (Phi) is 9.65. The molecule has 2 amide bonds. The third kappa shape index (κ3) is 7.39. The maximum absolute atomic E-state index is 12.3. The molecule has 168 valence electrons. The summed E-state index contributed by atoms with van der Waals surface area (Å²) in [5.74, 6) is -2.00. The van der Waals surface area contributed by atoms with Crippen LogP contribution < -0.4 is 10.6 Å². The predicted molar refractivity (Wildman–Crippen MR) is 118 cm³/mol. The second kappa shape index (κ2) is 12.7. The number of rotatable bonds is 10. The van der Waals surface area contributed by atoms with E-state index in [1.807, 2.05) is 0 Å². The Hall–Kier alpha value is -3.94. The highest BCUT2D eigenvalue weighted by molar-refractivity contribution is 5.97. The third-order valence-corrected chi connectivity index (χ3v) is 4.56. The first-order chi connectivity index (χ1) is 15.5. The van der Waals surface area contributed by atoms with Gasteiger partial charge in [0.05, 0.1) is 14.2 Å². The van der Waals surface area contributed by atoms with Crippen molar-refractivity contribution < 1.29 is 28.7 Å². The van der Waals surface area contributed by atoms with Gasteiger partial charge < -0.3 is 20.1 Å². The van der Waals surface area contributed by atoms with Crippen LogP contribution in [0.1, 0.15) is 33.6 Å². The van der Waals surface area contributed by atoms with Gasteiger partial charge in [-0.15, -0.1) is 0 Å². The van der Waals surface area contributed by atoms with Crippen LogP contribution in [0.25, 0.3) is 0 Å². The van der Waals surface area contributed by atoms with Gasteiger partial charge in [-0.3, -0.25) is 9.59 Å². The fourth-order valence-electron chi connectivity index (χ4n) is 2.84. The topological polar surface area (TPSA) is 111 Å². The lowest BCUT2D eigenvalue weighted by atomic mass is 10.1. The molecule has 2 rings (SSSR count). The number of hydrogen-bond acceptors (Lipinski definition) is 6. The van der Waals surface area contributed by atoms with E-state index in [0.717, 1.165) is 0 Å². The molecule has 0 heterocycles. The largest absolute Gasteiger partial charge is 0.467 e. The van der Waals surface area contributed by atoms with E-state index in [1.54, 1.807) is 72.8 Å². The molecular weight excluding hydrogens is 412 g/mol. The molecule has 0 fully saturated rings. The fourth-order valence-corrected chi connectivity index (χ4v) is 2.84. The van der Waals surface area contributed by atoms with E-state index >= 15 is 0 Å². The zero-order valence-electron chi connectivity index (χ0n) is 17.9. The second-order valence-electron chi connectivity index (χ2n) is 6.77. The summed E-state index contributed by atoms with van der Waals surface area (Å²) in [6.45, 7) is 0. The number of hydrogen-bond donors (Lipinski definition) is 2. The lowest BCUT2D eigenvalue weighted by Gasteiger charge is -2.16. The number of carbonyl (C=O) groups excluding carboxylic acids is 4. The summed E-state index contributed by atoms with van der Waals surface area (Å²) in [6, 6.07) is 15.2. The van der Waals surface area contributed by atoms with Crippen LogP contribution in [-0.2, 0) is 19.1 Å². The number of methoxy groups -OCH3 is 2. The molecule has 0 aliphatic rings. The van der Waals surface area contributed by atoms with E-state index in [2.05, 4.69) is 10.6 Å². The monoisotopic (exact) mass is 438 g/mol. The van der Waals surface area contributed by atoms with Crippen molar-refractivity contribution in [1.29, 1.82) is 0 Å². The fraction of sp³-hybridized carbons (Fsp3) is 0.250. The van der Waals surface area contributed by atoms with E-state index in [9.17, 15) is 19.2 Å². The van der Waals surface area contributed by atoms with Crippen molar-refractivity contribution in [1.82, 2.24) is 10.6 Å². The van der Waals surface area contributed by atoms with Gasteiger partial charge in [-0.2, -0.15) is 0 Å². The molecule has 0 bridgehead atoms. The van der Waals surface area contributed by atoms with E-state index < -0.39 is 35.8 Å². The van der Waals surface area contributed by atoms with Crippen LogP contribution >= 0.6 is 0 Å². The summed E-state index contributed by atoms with van der Waals surface area (Å²) in [5.41, 5.74) is 0.833. The van der Waals surface area contributed by atoms with Crippen molar-refractivity contribution in [2.75, 3.05) is 14.2 Å². The highest BCUT2D eigenvalue weighted by Crippen LogP contribution is 2.06. The molecule has 0 spiro atoms. The van der Waals surface area contributed by atoms with Crippen molar-refractivity contribution in [3.63, 3.8) is 0 Å². The molecule has 0 saturated heterocycles. The van der Waals surface area contributed by atoms with Crippen LogP contribution in [0.4, 0.5) is 0 Å². The van der Waals surface area contributed by atoms with Crippen molar-refractivity contribution in [2.24, 2.45) is 0 Å². The molecule has 0 saturated carbocycles. The average Bonchev–Trinajstić information content (AvgIpc) is 2.84. The van der Waals surface area contributed by atoms with Crippen LogP contribution in [0.15, 0.2) is 72.8 Å². The van der Waals surface area contributed by atoms with Crippen LogP contribution in [0.3, 0.4) is 0 Å². The molecule has 0 aliphatic heterocycles. The Labute approximate surface area is 186 Å². The number of ether oxygens (including phenoxy) is 2. The normalized spacial score (nSPS) is 12.4. The molecular formula is C24H26N2O6. The summed E-state index contributed by atoms with van der Waals surface area (Å²) in [4.78, 5) is 48.8. The summed E-state index contributed by atoms with van der Waals surface area (Å²) in [6.07, 6.45) is 3.56. The standard InChI is InChI=1S/C24H26N2O6/c1-31-23(29)19(25-21(27)17-11-5-3-6-12-17)15-9-10-16-20(24(30)32-2)26-22(28)18-13-7-4-8-14-18/h3-14,19-20H,15-16H2,1-2H3,(H,25,27)(H,26,28)/b10-9+/t19-,20-/m0/s1. The Morgan fingerprint density at radius 3 is 1.34 bits per heavy atom. The molecule has 2 aromatic rings. The van der Waals surface area contributed by atoms with E-state index in [1.165, 1.54) is 14.2 Å². The molecule has 2 atom stereocenters. The zero-order valence-corrected chi connectivity index (χ0v) is 17.9. The van der Waals surface area contributed by atoms with Crippen LogP contribution in [0, 0.1) is 0 Å². The van der Waals surface area contributed by atoms with Crippen LogP contribution in [0.5, 0.6) is 0 Å². The van der Waals surface area contributed by atoms with E-state index in [-0.39, 0.29) is 12.8 Å². The highest BCUT2D eigenvalue weighted by Gasteiger charge is 2.22. The minimum Gasteiger partial charge on any atom is -0.467 e. The second-order valence-corrected chi connectivity index (χ2v) is 6.77. The first-order valence-electron chi connectivity index (χ1n) is 9.98. The first kappa shape index (κ1) is 24.3. The SMILES string of the molecule is COC(=O)[C@H](C/C=C/C[C@H](NC(=O)c1ccccc1)C(=O)OC)NC(=O)c1ccccc1. The van der Waals surface area contributed by atoms with Gasteiger partial charge in [-0.25, -0.2) is 9.59 Å². The minimum atomic E-state index is -0.903. The van der Waals surface area contributed by atoms with Crippen molar-refractivity contribution in [3.8, 4) is 0 Å². The Balaban J connectivity index is 1.99. The van der Waals surface area contributed by atoms with Gasteiger partial charge in [-0.05, 0) is 37.1 Å². The maximum atomic E-state index is 12.3. The summed E-state index contributed by atoms with van der Waals surface area (Å²) in [7, 11) is 2.47. The van der Waals surface area contributed by atoms with Gasteiger partial charge in [-0.1, -0.05) is 48.6 Å². The van der Waals surface area contributed by atoms with Gasteiger partial charge in [0.1, 0.15) is 12.1 Å². The highest BCUT2D eigenvalue weighted by atomic mass is 16.5. The molecule has 2 N–H and O–H groups in total. The number of esters is 2. The number of nitrogens with one attached hydrogen (secondary N) is 2. The Morgan fingerprint density at radius 1 is 0.688 bits per heavy atom. The summed E-state index contributed by atoms with van der Waals surface area (Å²) >= 11 is 0. The number of benzene rings is 2. The lowest BCUT2D eigenvalue weighted by molar-refractivity contribution is -0.143. The molecule has 8 heteroatoms. The quantitative estimate of drug-likeness (QED) is 0.435. The number of carbonyl (C=O) groups is 4. The van der Waals surface area contributed by atoms with Crippen molar-refractivity contribution in [3.05, 3.63) is 83.9 Å². The van der Waals surface area contributed by atoms with E-state index in [0.29, 0.717) is 11.1 Å². The molecule has 0 aliphatic carbocycles. The smallest absolute Gasteiger partial charge is 0.328 e. The van der Waals surface area contributed by atoms with Crippen LogP contribution in [0.2, 0.25) is 0 Å². The van der Waals surface area contributed by atoms with E-state index in [4.69, 9.17) is 9.47 Å². The van der Waals surface area contributed by atoms with Gasteiger partial charge >= 0.3 is 11.9 Å². The van der Waals surface area contributed by atoms with Gasteiger partial charge in [0.15, 0.2) is 0 Å². The molecule has 0 radical (unpaired) electrons. The average molecular weight is 438 g/mol. The molecule has 32 heavy (non-hydrogen) atoms. The maximum Gasteiger partial charge on any atom is 0.328 e. The molecule has 8 nitrogen and oxygen atoms in total. The van der Waals surface area contributed by atoms with Gasteiger partial charge in [0.25, 0.3) is 11.8 Å². The molecule has 2 aromatic carbocycles. The van der Waals surface area contributed by atoms with Gasteiger partial charge in [0, 0.05) is 11.1 Å². The lowest BCUT2D eigenvalue weighted by Crippen LogP contribution is -2.41. The third-order valence-electron chi connectivity index (χ3n) is 4.56.